The van der Waals surface area contributed by atoms with Crippen molar-refractivity contribution in [3.05, 3.63) is 59.9 Å². The summed E-state index contributed by atoms with van der Waals surface area (Å²) >= 11 is 0. The standard InChI is InChI=1S/C18H19F3N2O3S/c19-18(20,21)15-3-5-16(6-4-15)27(24,25)23-17(13-7-10-26-11-8-13)14-2-1-9-22-12-14/h1-6,9,12-13,17,23H,7-8,10-11H2. The summed E-state index contributed by atoms with van der Waals surface area (Å²) in [5.41, 5.74) is -0.186. The molecule has 0 spiro atoms. The minimum Gasteiger partial charge on any atom is -0.381 e. The van der Waals surface area contributed by atoms with E-state index < -0.39 is 27.8 Å². The van der Waals surface area contributed by atoms with Crippen molar-refractivity contribution in [1.82, 2.24) is 9.71 Å². The normalized spacial score (nSPS) is 17.6. The number of nitrogens with zero attached hydrogens (tertiary/aromatic N) is 1. The number of ether oxygens (including phenoxy) is 1. The molecule has 0 aliphatic carbocycles. The Kier molecular flexibility index (Phi) is 5.83. The highest BCUT2D eigenvalue weighted by molar-refractivity contribution is 7.89. The Labute approximate surface area is 155 Å². The maximum Gasteiger partial charge on any atom is 0.416 e. The molecular weight excluding hydrogens is 381 g/mol. The van der Waals surface area contributed by atoms with Gasteiger partial charge in [-0.3, -0.25) is 4.98 Å². The van der Waals surface area contributed by atoms with Gasteiger partial charge in [0.1, 0.15) is 0 Å². The van der Waals surface area contributed by atoms with Gasteiger partial charge in [-0.05, 0) is 54.7 Å². The molecule has 1 aromatic carbocycles. The lowest BCUT2D eigenvalue weighted by atomic mass is 9.88. The number of halogens is 3. The molecule has 1 N–H and O–H groups in total. The number of sulfonamides is 1. The lowest BCUT2D eigenvalue weighted by molar-refractivity contribution is -0.137. The lowest BCUT2D eigenvalue weighted by Gasteiger charge is -2.31. The molecule has 0 amide bonds. The molecule has 1 aromatic heterocycles. The van der Waals surface area contributed by atoms with E-state index in [0.29, 0.717) is 31.6 Å². The topological polar surface area (TPSA) is 68.3 Å². The number of aromatic nitrogens is 1. The van der Waals surface area contributed by atoms with E-state index in [2.05, 4.69) is 9.71 Å². The summed E-state index contributed by atoms with van der Waals surface area (Å²) in [6.07, 6.45) is 0.0184. The molecule has 1 aliphatic rings. The summed E-state index contributed by atoms with van der Waals surface area (Å²) in [5.74, 6) is 0.00664. The number of hydrogen-bond acceptors (Lipinski definition) is 4. The SMILES string of the molecule is O=S(=O)(NC(c1cccnc1)C1CCOCC1)c1ccc(C(F)(F)F)cc1. The largest absolute Gasteiger partial charge is 0.416 e. The summed E-state index contributed by atoms with van der Waals surface area (Å²) in [4.78, 5) is 3.84. The minimum absolute atomic E-state index is 0.00664. The summed E-state index contributed by atoms with van der Waals surface area (Å²) in [7, 11) is -4.01. The molecule has 0 bridgehead atoms. The second kappa shape index (κ2) is 7.95. The van der Waals surface area contributed by atoms with Crippen LogP contribution < -0.4 is 4.72 Å². The molecule has 2 heterocycles. The molecule has 1 fully saturated rings. The van der Waals surface area contributed by atoms with Crippen LogP contribution in [0.2, 0.25) is 0 Å². The van der Waals surface area contributed by atoms with Crippen LogP contribution >= 0.6 is 0 Å². The van der Waals surface area contributed by atoms with Crippen LogP contribution in [0.1, 0.15) is 30.0 Å². The van der Waals surface area contributed by atoms with Crippen molar-refractivity contribution < 1.29 is 26.3 Å². The molecule has 1 atom stereocenters. The van der Waals surface area contributed by atoms with Gasteiger partial charge in [0.25, 0.3) is 0 Å². The van der Waals surface area contributed by atoms with Gasteiger partial charge in [-0.2, -0.15) is 13.2 Å². The fourth-order valence-electron chi connectivity index (χ4n) is 3.10. The average molecular weight is 400 g/mol. The highest BCUT2D eigenvalue weighted by Crippen LogP contribution is 2.32. The fourth-order valence-corrected chi connectivity index (χ4v) is 4.40. The summed E-state index contributed by atoms with van der Waals surface area (Å²) in [5, 5.41) is 0. The van der Waals surface area contributed by atoms with Gasteiger partial charge in [-0.15, -0.1) is 0 Å². The Morgan fingerprint density at radius 2 is 1.78 bits per heavy atom. The first-order valence-corrected chi connectivity index (χ1v) is 9.93. The van der Waals surface area contributed by atoms with Crippen LogP contribution in [0, 0.1) is 5.92 Å². The molecule has 2 aromatic rings. The first kappa shape index (κ1) is 19.8. The van der Waals surface area contributed by atoms with Crippen molar-refractivity contribution >= 4 is 10.0 Å². The first-order chi connectivity index (χ1) is 12.8. The Morgan fingerprint density at radius 1 is 1.11 bits per heavy atom. The Morgan fingerprint density at radius 3 is 2.33 bits per heavy atom. The molecule has 27 heavy (non-hydrogen) atoms. The number of alkyl halides is 3. The third kappa shape index (κ3) is 4.85. The second-order valence-corrected chi connectivity index (χ2v) is 8.07. The molecule has 5 nitrogen and oxygen atoms in total. The molecular formula is C18H19F3N2O3S. The first-order valence-electron chi connectivity index (χ1n) is 8.44. The molecule has 0 radical (unpaired) electrons. The van der Waals surface area contributed by atoms with E-state index in [1.807, 2.05) is 0 Å². The monoisotopic (exact) mass is 400 g/mol. The molecule has 1 aliphatic heterocycles. The number of rotatable bonds is 5. The van der Waals surface area contributed by atoms with Crippen LogP contribution in [0.15, 0.2) is 53.7 Å². The molecule has 9 heteroatoms. The van der Waals surface area contributed by atoms with Crippen LogP contribution in [0.3, 0.4) is 0 Å². The predicted octanol–water partition coefficient (Wildman–Crippen LogP) is 3.55. The molecule has 1 saturated heterocycles. The maximum absolute atomic E-state index is 12.8. The van der Waals surface area contributed by atoms with Gasteiger partial charge >= 0.3 is 6.18 Å². The van der Waals surface area contributed by atoms with E-state index in [-0.39, 0.29) is 10.8 Å². The second-order valence-electron chi connectivity index (χ2n) is 6.36. The average Bonchev–Trinajstić information content (AvgIpc) is 2.67. The van der Waals surface area contributed by atoms with Crippen molar-refractivity contribution in [1.29, 1.82) is 0 Å². The van der Waals surface area contributed by atoms with Crippen LogP contribution in [0.5, 0.6) is 0 Å². The van der Waals surface area contributed by atoms with E-state index in [9.17, 15) is 21.6 Å². The van der Waals surface area contributed by atoms with E-state index in [0.717, 1.165) is 24.3 Å². The summed E-state index contributed by atoms with van der Waals surface area (Å²) in [6.45, 7) is 1.06. The minimum atomic E-state index is -4.52. The van der Waals surface area contributed by atoms with Crippen LogP contribution in [-0.2, 0) is 20.9 Å². The molecule has 0 saturated carbocycles. The van der Waals surface area contributed by atoms with Crippen LogP contribution in [0.4, 0.5) is 13.2 Å². The van der Waals surface area contributed by atoms with Crippen LogP contribution in [-0.4, -0.2) is 26.6 Å². The van der Waals surface area contributed by atoms with Gasteiger partial charge in [-0.1, -0.05) is 6.07 Å². The van der Waals surface area contributed by atoms with Crippen molar-refractivity contribution in [2.45, 2.75) is 30.0 Å². The van der Waals surface area contributed by atoms with Gasteiger partial charge in [0.05, 0.1) is 16.5 Å². The zero-order valence-corrected chi connectivity index (χ0v) is 15.1. The zero-order valence-electron chi connectivity index (χ0n) is 14.3. The Balaban J connectivity index is 1.87. The van der Waals surface area contributed by atoms with Crippen molar-refractivity contribution in [3.63, 3.8) is 0 Å². The number of benzene rings is 1. The van der Waals surface area contributed by atoms with E-state index in [4.69, 9.17) is 4.74 Å². The van der Waals surface area contributed by atoms with Crippen molar-refractivity contribution in [3.8, 4) is 0 Å². The molecule has 146 valence electrons. The number of pyridine rings is 1. The van der Waals surface area contributed by atoms with Gasteiger partial charge in [0.15, 0.2) is 0 Å². The smallest absolute Gasteiger partial charge is 0.381 e. The summed E-state index contributed by atoms with van der Waals surface area (Å²) in [6, 6.07) is 6.43. The van der Waals surface area contributed by atoms with Crippen molar-refractivity contribution in [2.24, 2.45) is 5.92 Å². The van der Waals surface area contributed by atoms with Crippen LogP contribution in [0.25, 0.3) is 0 Å². The third-order valence-corrected chi connectivity index (χ3v) is 6.01. The maximum atomic E-state index is 12.8. The summed E-state index contributed by atoms with van der Waals surface area (Å²) < 4.78 is 71.7. The predicted molar refractivity (Wildman–Crippen MR) is 92.3 cm³/mol. The number of hydrogen-bond donors (Lipinski definition) is 1. The highest BCUT2D eigenvalue weighted by Gasteiger charge is 2.32. The van der Waals surface area contributed by atoms with Gasteiger partial charge in [0.2, 0.25) is 10.0 Å². The molecule has 1 unspecified atom stereocenters. The highest BCUT2D eigenvalue weighted by atomic mass is 32.2. The van der Waals surface area contributed by atoms with E-state index in [1.54, 1.807) is 24.5 Å². The molecule has 3 rings (SSSR count). The van der Waals surface area contributed by atoms with Gasteiger partial charge in [-0.25, -0.2) is 13.1 Å². The zero-order chi connectivity index (χ0) is 19.5. The Hall–Kier alpha value is -1.97. The number of nitrogens with one attached hydrogen (secondary N) is 1. The van der Waals surface area contributed by atoms with Crippen molar-refractivity contribution in [2.75, 3.05) is 13.2 Å². The fraction of sp³-hybridized carbons (Fsp3) is 0.389. The van der Waals surface area contributed by atoms with Gasteiger partial charge in [0, 0.05) is 25.6 Å². The van der Waals surface area contributed by atoms with E-state index in [1.165, 1.54) is 0 Å². The quantitative estimate of drug-likeness (QED) is 0.834. The Bertz CT molecular complexity index is 850. The van der Waals surface area contributed by atoms with E-state index >= 15 is 0 Å². The third-order valence-electron chi connectivity index (χ3n) is 4.55. The lowest BCUT2D eigenvalue weighted by Crippen LogP contribution is -2.36. The van der Waals surface area contributed by atoms with Gasteiger partial charge < -0.3 is 4.74 Å².